The van der Waals surface area contributed by atoms with E-state index in [9.17, 15) is 9.59 Å². The minimum absolute atomic E-state index is 0.0894. The lowest BCUT2D eigenvalue weighted by molar-refractivity contribution is -0.119. The third-order valence-corrected chi connectivity index (χ3v) is 6.75. The van der Waals surface area contributed by atoms with Crippen molar-refractivity contribution in [3.8, 4) is 0 Å². The van der Waals surface area contributed by atoms with Gasteiger partial charge in [-0.2, -0.15) is 0 Å². The first-order valence-electron chi connectivity index (χ1n) is 10.8. The summed E-state index contributed by atoms with van der Waals surface area (Å²) in [5.74, 6) is 0.186. The van der Waals surface area contributed by atoms with Crippen LogP contribution in [-0.4, -0.2) is 61.9 Å². The van der Waals surface area contributed by atoms with E-state index >= 15 is 0 Å². The van der Waals surface area contributed by atoms with Crippen molar-refractivity contribution in [2.75, 3.05) is 45.2 Å². The Morgan fingerprint density at radius 2 is 1.68 bits per heavy atom. The summed E-state index contributed by atoms with van der Waals surface area (Å²) in [7, 11) is 3.81. The summed E-state index contributed by atoms with van der Waals surface area (Å²) in [5.41, 5.74) is 4.92. The van der Waals surface area contributed by atoms with E-state index in [1.165, 1.54) is 0 Å². The monoisotopic (exact) mass is 439 g/mol. The molecule has 2 amide bonds. The highest BCUT2D eigenvalue weighted by atomic mass is 35.5. The number of halogens is 1. The second kappa shape index (κ2) is 8.29. The lowest BCUT2D eigenvalue weighted by Gasteiger charge is -2.40. The Labute approximate surface area is 189 Å². The van der Waals surface area contributed by atoms with Gasteiger partial charge in [0.25, 0.3) is 5.91 Å². The highest BCUT2D eigenvalue weighted by Gasteiger charge is 2.47. The molecule has 0 N–H and O–H groups in total. The number of fused-ring (bicyclic) bond motifs is 2. The first-order chi connectivity index (χ1) is 14.7. The number of nitrogens with zero attached hydrogens (tertiary/aromatic N) is 3. The van der Waals surface area contributed by atoms with Crippen LogP contribution < -0.4 is 4.90 Å². The molecule has 1 saturated heterocycles. The van der Waals surface area contributed by atoms with Gasteiger partial charge in [0, 0.05) is 41.3 Å². The van der Waals surface area contributed by atoms with Gasteiger partial charge in [-0.1, -0.05) is 28.8 Å². The largest absolute Gasteiger partial charge is 0.339 e. The molecule has 2 aromatic carbocycles. The molecule has 6 heteroatoms. The van der Waals surface area contributed by atoms with Crippen LogP contribution in [0, 0.1) is 13.8 Å². The number of anilines is 1. The van der Waals surface area contributed by atoms with Crippen LogP contribution >= 0.6 is 11.6 Å². The van der Waals surface area contributed by atoms with Crippen LogP contribution in [0.4, 0.5) is 5.69 Å². The average Bonchev–Trinajstić information content (AvgIpc) is 3.00. The minimum Gasteiger partial charge on any atom is -0.339 e. The highest BCUT2D eigenvalue weighted by Crippen LogP contribution is 2.48. The Morgan fingerprint density at radius 1 is 1.03 bits per heavy atom. The summed E-state index contributed by atoms with van der Waals surface area (Å²) >= 11 is 6.35. The summed E-state index contributed by atoms with van der Waals surface area (Å²) in [6.07, 6.45) is 1.64. The fourth-order valence-electron chi connectivity index (χ4n) is 5.07. The summed E-state index contributed by atoms with van der Waals surface area (Å²) in [6.45, 7) is 6.42. The summed E-state index contributed by atoms with van der Waals surface area (Å²) in [6, 6.07) is 11.8. The van der Waals surface area contributed by atoms with Crippen molar-refractivity contribution in [3.05, 3.63) is 63.7 Å². The normalized spacial score (nSPS) is 17.4. The fourth-order valence-corrected chi connectivity index (χ4v) is 5.24. The van der Waals surface area contributed by atoms with Crippen LogP contribution in [0.25, 0.3) is 0 Å². The zero-order valence-electron chi connectivity index (χ0n) is 18.7. The van der Waals surface area contributed by atoms with E-state index < -0.39 is 0 Å². The number of piperidine rings is 1. The molecule has 0 aromatic heterocycles. The molecule has 31 heavy (non-hydrogen) atoms. The fraction of sp³-hybridized carbons (Fsp3) is 0.440. The van der Waals surface area contributed by atoms with Crippen LogP contribution in [0.2, 0.25) is 5.02 Å². The molecule has 0 atom stereocenters. The quantitative estimate of drug-likeness (QED) is 0.725. The van der Waals surface area contributed by atoms with Gasteiger partial charge in [-0.25, -0.2) is 0 Å². The molecule has 0 unspecified atom stereocenters. The third kappa shape index (κ3) is 4.21. The number of amides is 2. The molecule has 164 valence electrons. The second-order valence-electron chi connectivity index (χ2n) is 9.33. The van der Waals surface area contributed by atoms with Gasteiger partial charge in [0.15, 0.2) is 0 Å². The van der Waals surface area contributed by atoms with Gasteiger partial charge < -0.3 is 14.7 Å². The molecule has 0 aliphatic carbocycles. The Bertz CT molecular complexity index is 1010. The predicted molar refractivity (Wildman–Crippen MR) is 125 cm³/mol. The number of rotatable bonds is 3. The van der Waals surface area contributed by atoms with Gasteiger partial charge in [0.2, 0.25) is 5.91 Å². The number of carbonyl (C=O) groups is 2. The van der Waals surface area contributed by atoms with Crippen LogP contribution in [-0.2, 0) is 10.2 Å². The number of aryl methyl sites for hydroxylation is 2. The van der Waals surface area contributed by atoms with Gasteiger partial charge in [-0.05, 0) is 76.7 Å². The topological polar surface area (TPSA) is 43.9 Å². The number of likely N-dealkylation sites (tertiary alicyclic amines) is 1. The molecule has 2 aliphatic rings. The maximum absolute atomic E-state index is 13.1. The van der Waals surface area contributed by atoms with E-state index in [-0.39, 0.29) is 17.2 Å². The molecular formula is C25H30ClN3O2. The smallest absolute Gasteiger partial charge is 0.253 e. The number of hydrogen-bond donors (Lipinski definition) is 0. The number of hydrogen-bond acceptors (Lipinski definition) is 3. The minimum atomic E-state index is -0.151. The molecule has 0 bridgehead atoms. The Hall–Kier alpha value is -2.37. The predicted octanol–water partition coefficient (Wildman–Crippen LogP) is 4.04. The summed E-state index contributed by atoms with van der Waals surface area (Å²) < 4.78 is 0. The molecule has 1 spiro atoms. The maximum atomic E-state index is 13.1. The van der Waals surface area contributed by atoms with Gasteiger partial charge in [0.1, 0.15) is 0 Å². The van der Waals surface area contributed by atoms with Crippen molar-refractivity contribution in [2.45, 2.75) is 32.1 Å². The number of carbonyl (C=O) groups excluding carboxylic acids is 2. The molecule has 5 nitrogen and oxygen atoms in total. The third-order valence-electron chi connectivity index (χ3n) is 6.51. The van der Waals surface area contributed by atoms with Crippen molar-refractivity contribution in [1.82, 2.24) is 9.80 Å². The van der Waals surface area contributed by atoms with Crippen molar-refractivity contribution in [1.29, 1.82) is 0 Å². The van der Waals surface area contributed by atoms with E-state index in [1.54, 1.807) is 0 Å². The standard InChI is InChI=1S/C25H30ClN3O2/c1-17-11-18(2)13-19(12-17)24(31)28-9-7-25(8-10-28)16-29(23(30)15-27(3)4)22-6-5-20(26)14-21(22)25/h5-6,11-14H,7-10,15-16H2,1-4H3. The molecule has 1 fully saturated rings. The van der Waals surface area contributed by atoms with Gasteiger partial charge in [0.05, 0.1) is 6.54 Å². The molecular weight excluding hydrogens is 410 g/mol. The Kier molecular flexibility index (Phi) is 5.84. The van der Waals surface area contributed by atoms with Crippen LogP contribution in [0.5, 0.6) is 0 Å². The van der Waals surface area contributed by atoms with Crippen LogP contribution in [0.15, 0.2) is 36.4 Å². The average molecular weight is 440 g/mol. The SMILES string of the molecule is Cc1cc(C)cc(C(=O)N2CCC3(CC2)CN(C(=O)CN(C)C)c2ccc(Cl)cc23)c1. The zero-order chi connectivity index (χ0) is 22.3. The lowest BCUT2D eigenvalue weighted by atomic mass is 9.74. The van der Waals surface area contributed by atoms with Gasteiger partial charge in [-0.3, -0.25) is 9.59 Å². The number of likely N-dealkylation sites (N-methyl/N-ethyl adjacent to an activating group) is 1. The molecule has 0 radical (unpaired) electrons. The highest BCUT2D eigenvalue weighted by molar-refractivity contribution is 6.30. The van der Waals surface area contributed by atoms with Crippen LogP contribution in [0.3, 0.4) is 0 Å². The zero-order valence-corrected chi connectivity index (χ0v) is 19.5. The molecule has 2 aromatic rings. The Morgan fingerprint density at radius 3 is 2.29 bits per heavy atom. The van der Waals surface area contributed by atoms with E-state index in [2.05, 4.69) is 6.07 Å². The van der Waals surface area contributed by atoms with Gasteiger partial charge in [-0.15, -0.1) is 0 Å². The first kappa shape index (κ1) is 21.8. The van der Waals surface area contributed by atoms with Crippen LogP contribution in [0.1, 0.15) is 39.9 Å². The maximum Gasteiger partial charge on any atom is 0.253 e. The Balaban J connectivity index is 1.56. The summed E-state index contributed by atoms with van der Waals surface area (Å²) in [4.78, 5) is 31.8. The molecule has 0 saturated carbocycles. The van der Waals surface area contributed by atoms with Crippen molar-refractivity contribution < 1.29 is 9.59 Å². The first-order valence-corrected chi connectivity index (χ1v) is 11.2. The van der Waals surface area contributed by atoms with Crippen molar-refractivity contribution in [2.24, 2.45) is 0 Å². The summed E-state index contributed by atoms with van der Waals surface area (Å²) in [5, 5.41) is 0.689. The van der Waals surface area contributed by atoms with E-state index in [1.807, 2.05) is 73.0 Å². The van der Waals surface area contributed by atoms with E-state index in [0.717, 1.165) is 40.8 Å². The second-order valence-corrected chi connectivity index (χ2v) is 9.76. The number of benzene rings is 2. The molecule has 2 heterocycles. The van der Waals surface area contributed by atoms with Crippen molar-refractivity contribution >= 4 is 29.1 Å². The lowest BCUT2D eigenvalue weighted by Crippen LogP contribution is -2.48. The van der Waals surface area contributed by atoms with Crippen molar-refractivity contribution in [3.63, 3.8) is 0 Å². The molecule has 2 aliphatic heterocycles. The van der Waals surface area contributed by atoms with E-state index in [0.29, 0.717) is 31.2 Å². The van der Waals surface area contributed by atoms with Gasteiger partial charge >= 0.3 is 0 Å². The van der Waals surface area contributed by atoms with E-state index in [4.69, 9.17) is 11.6 Å². The molecule has 4 rings (SSSR count).